The highest BCUT2D eigenvalue weighted by atomic mass is 32.2. The molecular formula is C20H24N2O8S. The molecule has 2 rings (SSSR count). The van der Waals surface area contributed by atoms with Crippen LogP contribution >= 0.6 is 0 Å². The van der Waals surface area contributed by atoms with Crippen LogP contribution in [-0.2, 0) is 20.4 Å². The highest BCUT2D eigenvalue weighted by Crippen LogP contribution is 2.35. The minimum atomic E-state index is -3.71. The maximum absolute atomic E-state index is 12.7. The predicted molar refractivity (Wildman–Crippen MR) is 115 cm³/mol. The summed E-state index contributed by atoms with van der Waals surface area (Å²) in [7, 11) is 2.07. The highest BCUT2D eigenvalue weighted by molar-refractivity contribution is 7.93. The Morgan fingerprint density at radius 1 is 1.06 bits per heavy atom. The molecule has 0 spiro atoms. The Kier molecular flexibility index (Phi) is 8.08. The summed E-state index contributed by atoms with van der Waals surface area (Å²) in [5.41, 5.74) is 1.07. The first kappa shape index (κ1) is 23.8. The summed E-state index contributed by atoms with van der Waals surface area (Å²) in [6, 6.07) is 4.71. The van der Waals surface area contributed by atoms with Gasteiger partial charge in [0.2, 0.25) is 5.88 Å². The van der Waals surface area contributed by atoms with Crippen LogP contribution < -0.4 is 24.3 Å². The van der Waals surface area contributed by atoms with Crippen molar-refractivity contribution in [1.82, 2.24) is 4.98 Å². The highest BCUT2D eigenvalue weighted by Gasteiger charge is 2.15. The fourth-order valence-corrected chi connectivity index (χ4v) is 3.75. The van der Waals surface area contributed by atoms with Crippen LogP contribution in [0.1, 0.15) is 11.1 Å². The number of benzene rings is 1. The number of aromatic nitrogens is 1. The molecule has 0 aliphatic carbocycles. The lowest BCUT2D eigenvalue weighted by molar-refractivity contribution is -0.134. The molecule has 11 heteroatoms. The average Bonchev–Trinajstić information content (AvgIpc) is 2.75. The lowest BCUT2D eigenvalue weighted by Crippen LogP contribution is -2.13. The van der Waals surface area contributed by atoms with Crippen molar-refractivity contribution < 1.29 is 37.3 Å². The van der Waals surface area contributed by atoms with Crippen molar-refractivity contribution >= 4 is 27.6 Å². The molecule has 0 aliphatic heterocycles. The fraction of sp³-hybridized carbons (Fsp3) is 0.300. The molecule has 0 saturated heterocycles. The average molecular weight is 452 g/mol. The normalized spacial score (nSPS) is 11.2. The molecule has 1 heterocycles. The van der Waals surface area contributed by atoms with E-state index in [4.69, 9.17) is 24.1 Å². The van der Waals surface area contributed by atoms with Gasteiger partial charge in [-0.3, -0.25) is 4.79 Å². The predicted octanol–water partition coefficient (Wildman–Crippen LogP) is 2.20. The van der Waals surface area contributed by atoms with Gasteiger partial charge in [0.05, 0.1) is 45.4 Å². The summed E-state index contributed by atoms with van der Waals surface area (Å²) in [5.74, 6) is -0.0125. The van der Waals surface area contributed by atoms with Crippen molar-refractivity contribution in [2.45, 2.75) is 5.75 Å². The van der Waals surface area contributed by atoms with E-state index in [0.717, 1.165) is 5.41 Å². The van der Waals surface area contributed by atoms with Gasteiger partial charge in [-0.1, -0.05) is 0 Å². The monoisotopic (exact) mass is 452 g/mol. The number of anilines is 1. The molecule has 1 aromatic heterocycles. The Hall–Kier alpha value is -3.47. The molecule has 0 atom stereocenters. The third-order valence-corrected chi connectivity index (χ3v) is 5.38. The van der Waals surface area contributed by atoms with E-state index in [1.165, 1.54) is 46.8 Å². The maximum atomic E-state index is 12.7. The molecule has 0 bridgehead atoms. The molecule has 0 saturated carbocycles. The second-order valence-electron chi connectivity index (χ2n) is 6.20. The second-order valence-corrected chi connectivity index (χ2v) is 8.09. The first-order chi connectivity index (χ1) is 14.7. The fourth-order valence-electron chi connectivity index (χ4n) is 2.68. The zero-order valence-corrected chi connectivity index (χ0v) is 18.4. The summed E-state index contributed by atoms with van der Waals surface area (Å²) >= 11 is 0. The molecular weight excluding hydrogens is 428 g/mol. The van der Waals surface area contributed by atoms with Crippen LogP contribution in [0.3, 0.4) is 0 Å². The number of methoxy groups -OCH3 is 4. The summed E-state index contributed by atoms with van der Waals surface area (Å²) in [6.07, 6.45) is 2.73. The quantitative estimate of drug-likeness (QED) is 0.523. The van der Waals surface area contributed by atoms with E-state index >= 15 is 0 Å². The van der Waals surface area contributed by atoms with Gasteiger partial charge in [-0.05, 0) is 17.7 Å². The van der Waals surface area contributed by atoms with Gasteiger partial charge in [0.1, 0.15) is 23.8 Å². The Labute approximate surface area is 180 Å². The first-order valence-corrected chi connectivity index (χ1v) is 10.6. The van der Waals surface area contributed by atoms with Crippen molar-refractivity contribution in [3.63, 3.8) is 0 Å². The van der Waals surface area contributed by atoms with E-state index in [9.17, 15) is 13.2 Å². The molecule has 10 nitrogen and oxygen atoms in total. The molecule has 0 aliphatic rings. The second kappa shape index (κ2) is 10.5. The number of aliphatic carboxylic acids is 1. The van der Waals surface area contributed by atoms with Crippen molar-refractivity contribution in [1.29, 1.82) is 0 Å². The third kappa shape index (κ3) is 6.51. The number of rotatable bonds is 11. The van der Waals surface area contributed by atoms with Crippen molar-refractivity contribution in [3.05, 3.63) is 40.9 Å². The lowest BCUT2D eigenvalue weighted by Gasteiger charge is -2.12. The van der Waals surface area contributed by atoms with Crippen molar-refractivity contribution in [3.8, 4) is 23.1 Å². The van der Waals surface area contributed by atoms with Gasteiger partial charge in [-0.2, -0.15) is 0 Å². The molecule has 168 valence electrons. The van der Waals surface area contributed by atoms with E-state index in [-0.39, 0.29) is 23.9 Å². The zero-order valence-electron chi connectivity index (χ0n) is 17.5. The molecule has 31 heavy (non-hydrogen) atoms. The lowest BCUT2D eigenvalue weighted by atomic mass is 10.1. The third-order valence-electron chi connectivity index (χ3n) is 4.09. The van der Waals surface area contributed by atoms with E-state index in [1.54, 1.807) is 12.1 Å². The summed E-state index contributed by atoms with van der Waals surface area (Å²) in [5, 5.41) is 12.5. The van der Waals surface area contributed by atoms with Gasteiger partial charge in [-0.15, -0.1) is 0 Å². The number of carboxylic acid groups (broad SMARTS) is 1. The van der Waals surface area contributed by atoms with Crippen LogP contribution in [0.5, 0.6) is 23.1 Å². The number of hydrogen-bond acceptors (Lipinski definition) is 9. The van der Waals surface area contributed by atoms with E-state index in [1.807, 2.05) is 0 Å². The maximum Gasteiger partial charge on any atom is 0.322 e. The minimum Gasteiger partial charge on any atom is -0.496 e. The van der Waals surface area contributed by atoms with Crippen LogP contribution in [0.25, 0.3) is 6.08 Å². The van der Waals surface area contributed by atoms with Crippen LogP contribution in [0.2, 0.25) is 0 Å². The Bertz CT molecular complexity index is 1040. The molecule has 0 amide bonds. The number of nitrogens with one attached hydrogen (secondary N) is 1. The Balaban J connectivity index is 2.31. The first-order valence-electron chi connectivity index (χ1n) is 8.92. The summed E-state index contributed by atoms with van der Waals surface area (Å²) < 4.78 is 46.2. The molecule has 1 aromatic carbocycles. The number of nitrogens with zero attached hydrogens (tertiary/aromatic N) is 1. The standard InChI is InChI=1S/C20H24N2O8S/c1-27-14-8-17(28-2)15(18(9-14)29-3)5-6-31(25,26)12-13-7-16(21-11-19(23)24)20(30-4)22-10-13/h5-10,21H,11-12H2,1-4H3,(H,23,24). The van der Waals surface area contributed by atoms with Gasteiger partial charge >= 0.3 is 5.97 Å². The van der Waals surface area contributed by atoms with Crippen molar-refractivity contribution in [2.75, 3.05) is 40.3 Å². The summed E-state index contributed by atoms with van der Waals surface area (Å²) in [6.45, 7) is -0.370. The van der Waals surface area contributed by atoms with Gasteiger partial charge < -0.3 is 29.4 Å². The Morgan fingerprint density at radius 3 is 2.23 bits per heavy atom. The van der Waals surface area contributed by atoms with Crippen molar-refractivity contribution in [2.24, 2.45) is 0 Å². The van der Waals surface area contributed by atoms with Crippen LogP contribution in [0, 0.1) is 0 Å². The van der Waals surface area contributed by atoms with E-state index in [0.29, 0.717) is 28.4 Å². The molecule has 0 radical (unpaired) electrons. The SMILES string of the molecule is COc1cc(OC)c(C=CS(=O)(=O)Cc2cnc(OC)c(NCC(=O)O)c2)c(OC)c1. The molecule has 2 N–H and O–H groups in total. The van der Waals surface area contributed by atoms with E-state index < -0.39 is 15.8 Å². The van der Waals surface area contributed by atoms with Gasteiger partial charge in [0.15, 0.2) is 9.84 Å². The molecule has 0 unspecified atom stereocenters. The molecule has 2 aromatic rings. The van der Waals surface area contributed by atoms with Crippen LogP contribution in [-0.4, -0.2) is 59.5 Å². The number of carbonyl (C=O) groups is 1. The largest absolute Gasteiger partial charge is 0.496 e. The van der Waals surface area contributed by atoms with Crippen LogP contribution in [0.15, 0.2) is 29.8 Å². The molecule has 0 fully saturated rings. The number of carboxylic acids is 1. The smallest absolute Gasteiger partial charge is 0.322 e. The zero-order chi connectivity index (χ0) is 23.0. The number of ether oxygens (including phenoxy) is 4. The summed E-state index contributed by atoms with van der Waals surface area (Å²) in [4.78, 5) is 14.8. The van der Waals surface area contributed by atoms with Crippen LogP contribution in [0.4, 0.5) is 5.69 Å². The van der Waals surface area contributed by atoms with Gasteiger partial charge in [0, 0.05) is 23.7 Å². The van der Waals surface area contributed by atoms with E-state index in [2.05, 4.69) is 10.3 Å². The minimum absolute atomic E-state index is 0.158. The number of pyridine rings is 1. The van der Waals surface area contributed by atoms with Gasteiger partial charge in [0.25, 0.3) is 0 Å². The number of hydrogen-bond donors (Lipinski definition) is 2. The van der Waals surface area contributed by atoms with Gasteiger partial charge in [-0.25, -0.2) is 13.4 Å². The Morgan fingerprint density at radius 2 is 1.71 bits per heavy atom. The number of sulfone groups is 1. The topological polar surface area (TPSA) is 133 Å².